The van der Waals surface area contributed by atoms with E-state index in [1.165, 1.54) is 12.1 Å². The lowest BCUT2D eigenvalue weighted by Gasteiger charge is -2.17. The summed E-state index contributed by atoms with van der Waals surface area (Å²) in [4.78, 5) is 8.30. The molecule has 2 rings (SSSR count). The summed E-state index contributed by atoms with van der Waals surface area (Å²) in [6.07, 6.45) is 4.95. The molecule has 1 heterocycles. The van der Waals surface area contributed by atoms with Crippen molar-refractivity contribution in [2.45, 2.75) is 13.0 Å². The zero-order valence-corrected chi connectivity index (χ0v) is 9.60. The minimum atomic E-state index is -0.241. The lowest BCUT2D eigenvalue weighted by atomic mass is 10.0. The molecule has 0 amide bonds. The van der Waals surface area contributed by atoms with Crippen molar-refractivity contribution in [3.63, 3.8) is 0 Å². The zero-order valence-electron chi connectivity index (χ0n) is 9.60. The third-order valence-corrected chi connectivity index (χ3v) is 2.47. The normalized spacial score (nSPS) is 12.4. The lowest BCUT2D eigenvalue weighted by Crippen LogP contribution is -2.23. The average Bonchev–Trinajstić information content (AvgIpc) is 2.37. The van der Waals surface area contributed by atoms with Crippen LogP contribution in [0.1, 0.15) is 24.2 Å². The molecule has 0 spiro atoms. The minimum Gasteiger partial charge on any atom is -0.305 e. The van der Waals surface area contributed by atoms with Crippen molar-refractivity contribution in [3.8, 4) is 0 Å². The molecule has 0 saturated carbocycles. The Morgan fingerprint density at radius 2 is 2.24 bits per heavy atom. The number of nitrogens with zero attached hydrogens (tertiary/aromatic N) is 2. The molecule has 0 fully saturated rings. The van der Waals surface area contributed by atoms with E-state index in [4.69, 9.17) is 0 Å². The summed E-state index contributed by atoms with van der Waals surface area (Å²) in [5, 5.41) is 3.27. The van der Waals surface area contributed by atoms with E-state index in [2.05, 4.69) is 15.3 Å². The molecular formula is C13H14FN3. The summed E-state index contributed by atoms with van der Waals surface area (Å²) in [5.41, 5.74) is 1.65. The predicted molar refractivity (Wildman–Crippen MR) is 64.0 cm³/mol. The molecule has 2 aromatic rings. The third kappa shape index (κ3) is 2.85. The van der Waals surface area contributed by atoms with E-state index in [-0.39, 0.29) is 11.9 Å². The van der Waals surface area contributed by atoms with Crippen LogP contribution in [0.25, 0.3) is 0 Å². The Bertz CT molecular complexity index is 473. The molecule has 3 nitrogen and oxygen atoms in total. The quantitative estimate of drug-likeness (QED) is 0.877. The van der Waals surface area contributed by atoms with Crippen LogP contribution in [0.3, 0.4) is 0 Å². The van der Waals surface area contributed by atoms with E-state index in [9.17, 15) is 4.39 Å². The van der Waals surface area contributed by atoms with Crippen molar-refractivity contribution in [1.29, 1.82) is 0 Å². The first-order valence-corrected chi connectivity index (χ1v) is 5.56. The number of halogens is 1. The zero-order chi connectivity index (χ0) is 12.1. The van der Waals surface area contributed by atoms with Gasteiger partial charge in [0.25, 0.3) is 0 Å². The number of nitrogens with one attached hydrogen (secondary N) is 1. The molecule has 1 atom stereocenters. The van der Waals surface area contributed by atoms with Gasteiger partial charge in [-0.15, -0.1) is 0 Å². The largest absolute Gasteiger partial charge is 0.305 e. The van der Waals surface area contributed by atoms with Crippen molar-refractivity contribution < 1.29 is 4.39 Å². The fraction of sp³-hybridized carbons (Fsp3) is 0.231. The molecular weight excluding hydrogens is 217 g/mol. The van der Waals surface area contributed by atoms with Gasteiger partial charge in [0, 0.05) is 12.4 Å². The van der Waals surface area contributed by atoms with Crippen LogP contribution in [0.5, 0.6) is 0 Å². The van der Waals surface area contributed by atoms with Gasteiger partial charge in [-0.25, -0.2) is 4.39 Å². The number of rotatable bonds is 4. The monoisotopic (exact) mass is 231 g/mol. The smallest absolute Gasteiger partial charge is 0.123 e. The number of hydrogen-bond donors (Lipinski definition) is 1. The first kappa shape index (κ1) is 11.7. The van der Waals surface area contributed by atoms with E-state index >= 15 is 0 Å². The highest BCUT2D eigenvalue weighted by Crippen LogP contribution is 2.20. The molecule has 1 unspecified atom stereocenters. The summed E-state index contributed by atoms with van der Waals surface area (Å²) in [7, 11) is 0. The lowest BCUT2D eigenvalue weighted by molar-refractivity contribution is 0.594. The molecule has 0 aliphatic heterocycles. The fourth-order valence-corrected chi connectivity index (χ4v) is 1.74. The van der Waals surface area contributed by atoms with Gasteiger partial charge in [-0.3, -0.25) is 9.97 Å². The molecule has 0 aliphatic rings. The Hall–Kier alpha value is -1.81. The Kier molecular flexibility index (Phi) is 3.77. The van der Waals surface area contributed by atoms with E-state index < -0.39 is 0 Å². The third-order valence-electron chi connectivity index (χ3n) is 2.47. The van der Waals surface area contributed by atoms with E-state index in [1.54, 1.807) is 24.7 Å². The summed E-state index contributed by atoms with van der Waals surface area (Å²) in [5.74, 6) is -0.241. The Morgan fingerprint density at radius 3 is 2.88 bits per heavy atom. The van der Waals surface area contributed by atoms with Gasteiger partial charge in [0.15, 0.2) is 0 Å². The van der Waals surface area contributed by atoms with E-state index in [0.717, 1.165) is 17.8 Å². The molecule has 1 aromatic carbocycles. The van der Waals surface area contributed by atoms with Crippen LogP contribution in [0.15, 0.2) is 42.9 Å². The maximum atomic E-state index is 13.2. The molecule has 1 aromatic heterocycles. The van der Waals surface area contributed by atoms with Crippen molar-refractivity contribution in [1.82, 2.24) is 15.3 Å². The van der Waals surface area contributed by atoms with Crippen molar-refractivity contribution in [2.24, 2.45) is 0 Å². The number of benzene rings is 1. The van der Waals surface area contributed by atoms with Gasteiger partial charge >= 0.3 is 0 Å². The van der Waals surface area contributed by atoms with Crippen LogP contribution >= 0.6 is 0 Å². The highest BCUT2D eigenvalue weighted by molar-refractivity contribution is 5.27. The summed E-state index contributed by atoms with van der Waals surface area (Å²) >= 11 is 0. The van der Waals surface area contributed by atoms with E-state index in [1.807, 2.05) is 13.0 Å². The SMILES string of the molecule is CCNC(c1cccc(F)c1)c1cnccn1. The van der Waals surface area contributed by atoms with Crippen molar-refractivity contribution >= 4 is 0 Å². The highest BCUT2D eigenvalue weighted by atomic mass is 19.1. The van der Waals surface area contributed by atoms with Crippen LogP contribution in [-0.2, 0) is 0 Å². The Balaban J connectivity index is 2.35. The second-order valence-corrected chi connectivity index (χ2v) is 3.68. The van der Waals surface area contributed by atoms with Crippen LogP contribution in [0, 0.1) is 5.82 Å². The Morgan fingerprint density at radius 1 is 1.35 bits per heavy atom. The van der Waals surface area contributed by atoms with Crippen LogP contribution < -0.4 is 5.32 Å². The van der Waals surface area contributed by atoms with Crippen molar-refractivity contribution in [3.05, 3.63) is 59.9 Å². The number of hydrogen-bond acceptors (Lipinski definition) is 3. The molecule has 0 bridgehead atoms. The van der Waals surface area contributed by atoms with Gasteiger partial charge in [-0.2, -0.15) is 0 Å². The highest BCUT2D eigenvalue weighted by Gasteiger charge is 2.14. The van der Waals surface area contributed by atoms with Gasteiger partial charge in [0.05, 0.1) is 17.9 Å². The fourth-order valence-electron chi connectivity index (χ4n) is 1.74. The van der Waals surface area contributed by atoms with Crippen LogP contribution in [0.2, 0.25) is 0 Å². The molecule has 0 aliphatic carbocycles. The molecule has 1 N–H and O–H groups in total. The molecule has 0 radical (unpaired) electrons. The molecule has 88 valence electrons. The van der Waals surface area contributed by atoms with Gasteiger partial charge in [0.2, 0.25) is 0 Å². The minimum absolute atomic E-state index is 0.121. The van der Waals surface area contributed by atoms with Crippen LogP contribution in [-0.4, -0.2) is 16.5 Å². The topological polar surface area (TPSA) is 37.8 Å². The maximum Gasteiger partial charge on any atom is 0.123 e. The predicted octanol–water partition coefficient (Wildman–Crippen LogP) is 2.31. The summed E-state index contributed by atoms with van der Waals surface area (Å²) in [6.45, 7) is 2.78. The molecule has 4 heteroatoms. The second kappa shape index (κ2) is 5.50. The van der Waals surface area contributed by atoms with Gasteiger partial charge in [0.1, 0.15) is 5.82 Å². The average molecular weight is 231 g/mol. The summed E-state index contributed by atoms with van der Waals surface area (Å²) in [6, 6.07) is 6.41. The van der Waals surface area contributed by atoms with Crippen LogP contribution in [0.4, 0.5) is 4.39 Å². The van der Waals surface area contributed by atoms with Gasteiger partial charge < -0.3 is 5.32 Å². The van der Waals surface area contributed by atoms with Gasteiger partial charge in [-0.05, 0) is 24.2 Å². The maximum absolute atomic E-state index is 13.2. The standard InChI is InChI=1S/C13H14FN3/c1-2-16-13(12-9-15-6-7-17-12)10-4-3-5-11(14)8-10/h3-9,13,16H,2H2,1H3. The first-order chi connectivity index (χ1) is 8.31. The Labute approximate surface area is 99.7 Å². The van der Waals surface area contributed by atoms with Gasteiger partial charge in [-0.1, -0.05) is 19.1 Å². The van der Waals surface area contributed by atoms with E-state index in [0.29, 0.717) is 0 Å². The summed E-state index contributed by atoms with van der Waals surface area (Å²) < 4.78 is 13.2. The van der Waals surface area contributed by atoms with Crippen molar-refractivity contribution in [2.75, 3.05) is 6.54 Å². The molecule has 17 heavy (non-hydrogen) atoms. The molecule has 0 saturated heterocycles. The second-order valence-electron chi connectivity index (χ2n) is 3.68. The first-order valence-electron chi connectivity index (χ1n) is 5.56. The number of aromatic nitrogens is 2.